The van der Waals surface area contributed by atoms with Crippen LogP contribution in [-0.4, -0.2) is 25.9 Å². The maximum absolute atomic E-state index is 12.4. The van der Waals surface area contributed by atoms with Crippen LogP contribution in [0.3, 0.4) is 0 Å². The summed E-state index contributed by atoms with van der Waals surface area (Å²) in [5, 5.41) is 23.2. The summed E-state index contributed by atoms with van der Waals surface area (Å²) in [6, 6.07) is 11.8. The number of aromatic hydroxyl groups is 1. The predicted molar refractivity (Wildman–Crippen MR) is 96.6 cm³/mol. The highest BCUT2D eigenvalue weighted by molar-refractivity contribution is 6.02. The molecule has 3 rings (SSSR count). The molecule has 0 spiro atoms. The van der Waals surface area contributed by atoms with Gasteiger partial charge in [0.2, 0.25) is 0 Å². The molecule has 2 aromatic carbocycles. The lowest BCUT2D eigenvalue weighted by molar-refractivity contribution is 0.262. The number of phenolic OH excluding ortho intramolecular Hbond substituents is 1. The number of carbonyl (C=O) groups is 1. The van der Waals surface area contributed by atoms with Crippen LogP contribution in [0.2, 0.25) is 0 Å². The molecule has 1 heterocycles. The minimum atomic E-state index is -0.371. The first kappa shape index (κ1) is 16.5. The SMILES string of the molecule is CCn1cnnc1-c1ccccc1NC(=O)Nc1ccc(O)cc1C. The number of hydrogen-bond acceptors (Lipinski definition) is 4. The Morgan fingerprint density at radius 3 is 2.68 bits per heavy atom. The van der Waals surface area contributed by atoms with Crippen LogP contribution in [0.1, 0.15) is 12.5 Å². The predicted octanol–water partition coefficient (Wildman–Crippen LogP) is 3.62. The summed E-state index contributed by atoms with van der Waals surface area (Å²) in [6.45, 7) is 4.55. The van der Waals surface area contributed by atoms with E-state index in [0.717, 1.165) is 17.7 Å². The van der Waals surface area contributed by atoms with Crippen molar-refractivity contribution in [2.75, 3.05) is 10.6 Å². The van der Waals surface area contributed by atoms with Crippen molar-refractivity contribution >= 4 is 17.4 Å². The van der Waals surface area contributed by atoms with E-state index in [1.807, 2.05) is 42.7 Å². The van der Waals surface area contributed by atoms with E-state index in [4.69, 9.17) is 0 Å². The second-order valence-electron chi connectivity index (χ2n) is 5.56. The zero-order valence-electron chi connectivity index (χ0n) is 14.0. The van der Waals surface area contributed by atoms with Crippen molar-refractivity contribution in [1.82, 2.24) is 14.8 Å². The van der Waals surface area contributed by atoms with Crippen molar-refractivity contribution in [1.29, 1.82) is 0 Å². The second-order valence-corrected chi connectivity index (χ2v) is 5.56. The fraction of sp³-hybridized carbons (Fsp3) is 0.167. The molecule has 25 heavy (non-hydrogen) atoms. The largest absolute Gasteiger partial charge is 0.508 e. The molecule has 3 aromatic rings. The topological polar surface area (TPSA) is 92.1 Å². The zero-order valence-corrected chi connectivity index (χ0v) is 14.0. The third-order valence-electron chi connectivity index (χ3n) is 3.83. The first-order chi connectivity index (χ1) is 12.1. The molecule has 0 radical (unpaired) electrons. The second kappa shape index (κ2) is 7.04. The maximum Gasteiger partial charge on any atom is 0.323 e. The number of rotatable bonds is 4. The van der Waals surface area contributed by atoms with Gasteiger partial charge in [0.05, 0.1) is 5.69 Å². The van der Waals surface area contributed by atoms with Crippen LogP contribution < -0.4 is 10.6 Å². The maximum atomic E-state index is 12.4. The zero-order chi connectivity index (χ0) is 17.8. The quantitative estimate of drug-likeness (QED) is 0.634. The molecule has 0 atom stereocenters. The van der Waals surface area contributed by atoms with Crippen LogP contribution in [0, 0.1) is 6.92 Å². The number of hydrogen-bond donors (Lipinski definition) is 3. The van der Waals surface area contributed by atoms with Gasteiger partial charge in [-0.15, -0.1) is 10.2 Å². The van der Waals surface area contributed by atoms with Gasteiger partial charge in [0.25, 0.3) is 0 Å². The van der Waals surface area contributed by atoms with Crippen LogP contribution >= 0.6 is 0 Å². The number of aryl methyl sites for hydroxylation is 2. The Bertz CT molecular complexity index is 904. The van der Waals surface area contributed by atoms with Crippen LogP contribution in [0.5, 0.6) is 5.75 Å². The fourth-order valence-corrected chi connectivity index (χ4v) is 2.55. The number of para-hydroxylation sites is 1. The molecule has 0 aliphatic carbocycles. The van der Waals surface area contributed by atoms with Crippen LogP contribution in [0.25, 0.3) is 11.4 Å². The number of amides is 2. The first-order valence-electron chi connectivity index (χ1n) is 7.93. The first-order valence-corrected chi connectivity index (χ1v) is 7.93. The molecule has 1 aromatic heterocycles. The molecule has 7 nitrogen and oxygen atoms in total. The highest BCUT2D eigenvalue weighted by Crippen LogP contribution is 2.26. The lowest BCUT2D eigenvalue weighted by Crippen LogP contribution is -2.20. The van der Waals surface area contributed by atoms with Crippen LogP contribution in [0.4, 0.5) is 16.2 Å². The molecule has 2 amide bonds. The smallest absolute Gasteiger partial charge is 0.323 e. The molecular formula is C18H19N5O2. The van der Waals surface area contributed by atoms with Gasteiger partial charge in [0.15, 0.2) is 5.82 Å². The third kappa shape index (κ3) is 3.60. The molecule has 0 fully saturated rings. The Balaban J connectivity index is 1.82. The number of benzene rings is 2. The molecule has 0 bridgehead atoms. The summed E-state index contributed by atoms with van der Waals surface area (Å²) in [5.74, 6) is 0.854. The van der Waals surface area contributed by atoms with Gasteiger partial charge in [0.1, 0.15) is 12.1 Å². The van der Waals surface area contributed by atoms with Crippen molar-refractivity contribution in [3.63, 3.8) is 0 Å². The highest BCUT2D eigenvalue weighted by atomic mass is 16.3. The Hall–Kier alpha value is -3.35. The van der Waals surface area contributed by atoms with Crippen molar-refractivity contribution in [2.45, 2.75) is 20.4 Å². The monoisotopic (exact) mass is 337 g/mol. The number of carbonyl (C=O) groups excluding carboxylic acids is 1. The Labute approximate surface area is 145 Å². The fourth-order valence-electron chi connectivity index (χ4n) is 2.55. The molecule has 0 saturated heterocycles. The summed E-state index contributed by atoms with van der Waals surface area (Å²) in [5.41, 5.74) is 2.83. The van der Waals surface area contributed by atoms with E-state index in [-0.39, 0.29) is 11.8 Å². The molecule has 128 valence electrons. The number of nitrogens with zero attached hydrogens (tertiary/aromatic N) is 3. The van der Waals surface area contributed by atoms with Crippen LogP contribution in [-0.2, 0) is 6.54 Å². The summed E-state index contributed by atoms with van der Waals surface area (Å²) in [4.78, 5) is 12.4. The molecule has 0 unspecified atom stereocenters. The Morgan fingerprint density at radius 1 is 1.16 bits per heavy atom. The average Bonchev–Trinajstić information content (AvgIpc) is 3.06. The molecule has 7 heteroatoms. The van der Waals surface area contributed by atoms with Gasteiger partial charge in [-0.3, -0.25) is 0 Å². The third-order valence-corrected chi connectivity index (χ3v) is 3.83. The van der Waals surface area contributed by atoms with E-state index in [1.54, 1.807) is 18.5 Å². The summed E-state index contributed by atoms with van der Waals surface area (Å²) in [7, 11) is 0. The molecule has 0 aliphatic heterocycles. The Kier molecular flexibility index (Phi) is 4.65. The highest BCUT2D eigenvalue weighted by Gasteiger charge is 2.13. The number of aromatic nitrogens is 3. The number of nitrogens with one attached hydrogen (secondary N) is 2. The van der Waals surface area contributed by atoms with Crippen molar-refractivity contribution < 1.29 is 9.90 Å². The van der Waals surface area contributed by atoms with E-state index >= 15 is 0 Å². The van der Waals surface area contributed by atoms with E-state index in [2.05, 4.69) is 20.8 Å². The van der Waals surface area contributed by atoms with E-state index in [0.29, 0.717) is 17.2 Å². The van der Waals surface area contributed by atoms with Gasteiger partial charge in [-0.05, 0) is 49.7 Å². The summed E-state index contributed by atoms with van der Waals surface area (Å²) < 4.78 is 1.91. The van der Waals surface area contributed by atoms with Gasteiger partial charge >= 0.3 is 6.03 Å². The number of anilines is 2. The molecule has 0 aliphatic rings. The van der Waals surface area contributed by atoms with E-state index in [9.17, 15) is 9.90 Å². The van der Waals surface area contributed by atoms with Gasteiger partial charge in [-0.25, -0.2) is 4.79 Å². The minimum absolute atomic E-state index is 0.160. The lowest BCUT2D eigenvalue weighted by atomic mass is 10.1. The molecule has 0 saturated carbocycles. The van der Waals surface area contributed by atoms with Gasteiger partial charge < -0.3 is 20.3 Å². The average molecular weight is 337 g/mol. The summed E-state index contributed by atoms with van der Waals surface area (Å²) in [6.07, 6.45) is 1.66. The number of urea groups is 1. The normalized spacial score (nSPS) is 10.5. The van der Waals surface area contributed by atoms with Gasteiger partial charge in [-0.1, -0.05) is 12.1 Å². The van der Waals surface area contributed by atoms with Crippen molar-refractivity contribution in [3.8, 4) is 17.1 Å². The van der Waals surface area contributed by atoms with Gasteiger partial charge in [0, 0.05) is 17.8 Å². The van der Waals surface area contributed by atoms with Gasteiger partial charge in [-0.2, -0.15) is 0 Å². The summed E-state index contributed by atoms with van der Waals surface area (Å²) >= 11 is 0. The van der Waals surface area contributed by atoms with Crippen molar-refractivity contribution in [3.05, 3.63) is 54.4 Å². The van der Waals surface area contributed by atoms with E-state index in [1.165, 1.54) is 6.07 Å². The Morgan fingerprint density at radius 2 is 1.92 bits per heavy atom. The van der Waals surface area contributed by atoms with Crippen LogP contribution in [0.15, 0.2) is 48.8 Å². The lowest BCUT2D eigenvalue weighted by Gasteiger charge is -2.13. The minimum Gasteiger partial charge on any atom is -0.508 e. The standard InChI is InChI=1S/C18H19N5O2/c1-3-23-11-19-22-17(23)14-6-4-5-7-16(14)21-18(25)20-15-9-8-13(24)10-12(15)2/h4-11,24H,3H2,1-2H3,(H2,20,21,25). The molecular weight excluding hydrogens is 318 g/mol. The van der Waals surface area contributed by atoms with Crippen molar-refractivity contribution in [2.24, 2.45) is 0 Å². The molecule has 3 N–H and O–H groups in total. The number of phenols is 1. The van der Waals surface area contributed by atoms with E-state index < -0.39 is 0 Å².